The van der Waals surface area contributed by atoms with Gasteiger partial charge in [-0.3, -0.25) is 19.9 Å². The van der Waals surface area contributed by atoms with E-state index in [9.17, 15) is 0 Å². The number of allylic oxidation sites excluding steroid dienone is 4. The maximum Gasteiger partial charge on any atom is 0.230 e. The Morgan fingerprint density at radius 2 is 0.581 bits per heavy atom. The highest BCUT2D eigenvalue weighted by Gasteiger charge is 2.45. The maximum absolute atomic E-state index is 15.2. The molecule has 8 fully saturated rings. The smallest absolute Gasteiger partial charge is 0.230 e. The number of methoxy groups -OCH3 is 4. The van der Waals surface area contributed by atoms with Gasteiger partial charge in [-0.05, 0) is 230 Å². The minimum atomic E-state index is -0.439. The monoisotopic (exact) mass is 2020 g/mol. The number of piperidine rings is 4. The van der Waals surface area contributed by atoms with Crippen LogP contribution in [0.25, 0.3) is 67.9 Å². The lowest BCUT2D eigenvalue weighted by Gasteiger charge is -2.47. The van der Waals surface area contributed by atoms with Crippen molar-refractivity contribution in [3.05, 3.63) is 213 Å². The zero-order chi connectivity index (χ0) is 102. The number of pyridine rings is 4. The molecular formula is C116H128F4N12O16. The topological polar surface area (TPSA) is 264 Å². The van der Waals surface area contributed by atoms with Crippen molar-refractivity contribution in [3.8, 4) is 92.3 Å². The van der Waals surface area contributed by atoms with E-state index in [0.717, 1.165) is 220 Å². The molecule has 12 aromatic rings. The molecule has 0 unspecified atom stereocenters. The fourth-order valence-corrected chi connectivity index (χ4v) is 21.9. The second-order valence-corrected chi connectivity index (χ2v) is 41.8. The molecule has 148 heavy (non-hydrogen) atoms. The average Bonchev–Trinajstić information content (AvgIpc) is 1.43. The quantitative estimate of drug-likeness (QED) is 0.0280. The van der Waals surface area contributed by atoms with Gasteiger partial charge in [0.15, 0.2) is 92.3 Å². The predicted octanol–water partition coefficient (Wildman–Crippen LogP) is 21.6. The van der Waals surface area contributed by atoms with Crippen molar-refractivity contribution in [2.75, 3.05) is 186 Å². The summed E-state index contributed by atoms with van der Waals surface area (Å²) in [6.45, 7) is 30.8. The normalized spacial score (nSPS) is 18.4. The Morgan fingerprint density at radius 3 is 0.912 bits per heavy atom. The molecule has 0 radical (unpaired) electrons. The van der Waals surface area contributed by atoms with Crippen molar-refractivity contribution < 1.29 is 93.4 Å². The Hall–Kier alpha value is -12.9. The van der Waals surface area contributed by atoms with Crippen LogP contribution in [-0.2, 0) is 44.6 Å². The van der Waals surface area contributed by atoms with E-state index in [1.54, 1.807) is 83.3 Å². The highest BCUT2D eigenvalue weighted by atomic mass is 19.1. The first-order chi connectivity index (χ1) is 72.1. The maximum atomic E-state index is 15.2. The molecule has 14 heterocycles. The minimum absolute atomic E-state index is 0.0254. The van der Waals surface area contributed by atoms with Gasteiger partial charge in [-0.1, -0.05) is 58.7 Å². The van der Waals surface area contributed by atoms with E-state index in [4.69, 9.17) is 75.8 Å². The molecule has 0 atom stereocenters. The highest BCUT2D eigenvalue weighted by molar-refractivity contribution is 5.91. The number of likely N-dealkylation sites (tertiary alicyclic amines) is 4. The largest absolute Gasteiger partial charge is 0.493 e. The zero-order valence-corrected chi connectivity index (χ0v) is 85.6. The third-order valence-corrected chi connectivity index (χ3v) is 31.1. The van der Waals surface area contributed by atoms with Gasteiger partial charge in [0.1, 0.15) is 24.2 Å². The fraction of sp³-hybridized carbons (Fsp3) is 0.448. The third-order valence-electron chi connectivity index (χ3n) is 31.1. The fourth-order valence-electron chi connectivity index (χ4n) is 21.9. The van der Waals surface area contributed by atoms with Gasteiger partial charge in [0.25, 0.3) is 0 Å². The van der Waals surface area contributed by atoms with Crippen LogP contribution in [-0.4, -0.2) is 246 Å². The molecule has 776 valence electrons. The van der Waals surface area contributed by atoms with Crippen molar-refractivity contribution in [3.63, 3.8) is 0 Å². The molecule has 0 N–H and O–H groups in total. The van der Waals surface area contributed by atoms with Gasteiger partial charge in [-0.25, -0.2) is 37.5 Å². The third kappa shape index (κ3) is 22.2. The second-order valence-electron chi connectivity index (χ2n) is 41.8. The van der Waals surface area contributed by atoms with Gasteiger partial charge < -0.3 is 95.4 Å². The number of benzene rings is 6. The van der Waals surface area contributed by atoms with Crippen LogP contribution in [0.15, 0.2) is 145 Å². The van der Waals surface area contributed by atoms with Crippen LogP contribution in [0.3, 0.4) is 0 Å². The Labute approximate surface area is 859 Å². The Balaban J connectivity index is 0.000000116. The number of ether oxygens (including phenoxy) is 16. The van der Waals surface area contributed by atoms with E-state index in [1.165, 1.54) is 76.4 Å². The van der Waals surface area contributed by atoms with Crippen LogP contribution < -0.4 is 56.8 Å². The van der Waals surface area contributed by atoms with Crippen molar-refractivity contribution in [2.24, 2.45) is 21.7 Å². The van der Waals surface area contributed by atoms with Crippen LogP contribution in [0.4, 0.5) is 17.6 Å². The summed E-state index contributed by atoms with van der Waals surface area (Å²) < 4.78 is 153. The van der Waals surface area contributed by atoms with E-state index in [1.807, 2.05) is 94.5 Å². The standard InChI is InChI=1S/C30H33FN2O4.2C29H32FN3O4.C28H31FN4O4/c1-20-14-21-4-5-26(29(31)22(21)15-20)37-25-6-9-32-24-17-28(27(34-2)16-23(24)25)36-13-3-10-33-11-7-30(8-12-33)18-35-19-30;1-19-12-21-22(13-19)32-16-27(28(21)30)37-24-4-7-31-23-15-26(25(34-2)14-20(23)24)36-11-3-8-33-9-5-29(6-10-33)17-35-18-29;1-19-12-20-4-5-24(27(30)21(20)13-19)37-28-22-14-25(34-2)26(15-23(22)31-18-32-28)36-11-3-8-33-9-6-29(7-10-33)16-35-17-29;1-18-10-19-21(11-18)30-14-25(26(19)29)37-27-20-12-23(34-2)24(13-22(20)31-17-32-27)36-9-3-6-33-7-4-28(5-8-33)15-35-16-28/h4-6,9,15-17H,3,7-8,10-14,18-19H2,1-2H3;4,7,12,14-16H,3,5-6,8-11,13,17-18H2,1-2H3;4-5,13-15,18H,3,6-12,16-17H2,1-2H3;10,12-14,17H,3-9,11,15-16H2,1-2H3. The van der Waals surface area contributed by atoms with E-state index in [-0.39, 0.29) is 46.4 Å². The van der Waals surface area contributed by atoms with Gasteiger partial charge in [0, 0.05) is 130 Å². The van der Waals surface area contributed by atoms with Gasteiger partial charge in [0.05, 0.1) is 164 Å². The first-order valence-corrected chi connectivity index (χ1v) is 51.8. The summed E-state index contributed by atoms with van der Waals surface area (Å²) in [6.07, 6.45) is 32.7. The molecule has 8 aliphatic heterocycles. The summed E-state index contributed by atoms with van der Waals surface area (Å²) in [4.78, 5) is 45.1. The molecular weight excluding hydrogens is 1890 g/mol. The van der Waals surface area contributed by atoms with Crippen LogP contribution in [0.2, 0.25) is 0 Å². The SMILES string of the molecule is COc1cc2c(Oc3ccc4c(c3F)C=C(C)C4)ccnc2cc1OCCCN1CCC2(CC1)COC2.COc1cc2c(Oc3ccc4c(c3F)C=C(C)C4)ncnc2cc1OCCCN1CCC2(CC1)COC2.COc1cc2c(Oc3cnc4c(c3F)C=C(C)C4)ccnc2cc1OCCCN1CCC2(CC1)COC2.COc1cc2c(Oc3cnc4c(c3F)C=C(C)C4)ncnc2cc1OCCCN1CCC2(CC1)COC2. The van der Waals surface area contributed by atoms with Gasteiger partial charge in [-0.15, -0.1) is 0 Å². The lowest BCUT2D eigenvalue weighted by atomic mass is 9.77. The molecule has 32 heteroatoms. The number of halogens is 4. The average molecular weight is 2020 g/mol. The highest BCUT2D eigenvalue weighted by Crippen LogP contribution is 2.49. The van der Waals surface area contributed by atoms with E-state index < -0.39 is 11.6 Å². The van der Waals surface area contributed by atoms with Crippen LogP contribution in [0.5, 0.6) is 92.3 Å². The summed E-state index contributed by atoms with van der Waals surface area (Å²) in [7, 11) is 6.41. The number of hydrogen-bond acceptors (Lipinski definition) is 28. The molecule has 0 amide bonds. The number of fused-ring (bicyclic) bond motifs is 8. The number of hydrogen-bond donors (Lipinski definition) is 0. The van der Waals surface area contributed by atoms with Crippen molar-refractivity contribution in [1.82, 2.24) is 59.5 Å². The minimum Gasteiger partial charge on any atom is -0.493 e. The molecule has 12 aliphatic rings. The van der Waals surface area contributed by atoms with Crippen LogP contribution in [0, 0.1) is 44.9 Å². The molecule has 4 spiro atoms. The Kier molecular flexibility index (Phi) is 30.3. The summed E-state index contributed by atoms with van der Waals surface area (Å²) >= 11 is 0. The molecule has 4 aliphatic carbocycles. The van der Waals surface area contributed by atoms with Crippen molar-refractivity contribution in [2.45, 2.75) is 130 Å². The predicted molar refractivity (Wildman–Crippen MR) is 556 cm³/mol. The Bertz CT molecular complexity index is 6210. The van der Waals surface area contributed by atoms with Crippen LogP contribution in [0.1, 0.15) is 150 Å². The summed E-state index contributed by atoms with van der Waals surface area (Å²) in [5, 5.41) is 2.67. The molecule has 6 aromatic heterocycles. The molecule has 6 aromatic carbocycles. The number of aromatic nitrogens is 8. The van der Waals surface area contributed by atoms with Crippen molar-refractivity contribution >= 4 is 67.9 Å². The zero-order valence-electron chi connectivity index (χ0n) is 85.6. The number of rotatable bonds is 32. The van der Waals surface area contributed by atoms with E-state index in [2.05, 4.69) is 59.5 Å². The summed E-state index contributed by atoms with van der Waals surface area (Å²) in [6, 6.07) is 25.3. The molecule has 0 bridgehead atoms. The lowest BCUT2D eigenvalue weighted by molar-refractivity contribution is -0.139. The molecule has 28 nitrogen and oxygen atoms in total. The summed E-state index contributed by atoms with van der Waals surface area (Å²) in [5.74, 6) is 5.19. The molecule has 0 saturated carbocycles. The van der Waals surface area contributed by atoms with E-state index >= 15 is 17.6 Å². The second kappa shape index (κ2) is 44.5. The van der Waals surface area contributed by atoms with Gasteiger partial charge in [0.2, 0.25) is 11.8 Å². The Morgan fingerprint density at radius 1 is 0.291 bits per heavy atom. The molecule has 8 saturated heterocycles. The number of nitrogens with zero attached hydrogens (tertiary/aromatic N) is 12. The van der Waals surface area contributed by atoms with Gasteiger partial charge >= 0.3 is 0 Å². The first kappa shape index (κ1) is 101. The molecule has 24 rings (SSSR count). The van der Waals surface area contributed by atoms with Gasteiger partial charge in [-0.2, -0.15) is 0 Å². The van der Waals surface area contributed by atoms with Crippen molar-refractivity contribution in [1.29, 1.82) is 0 Å². The summed E-state index contributed by atoms with van der Waals surface area (Å²) in [5.41, 5.74) is 14.5. The van der Waals surface area contributed by atoms with Crippen LogP contribution >= 0.6 is 0 Å². The lowest BCUT2D eigenvalue weighted by Crippen LogP contribution is -2.51. The first-order valence-electron chi connectivity index (χ1n) is 51.8. The van der Waals surface area contributed by atoms with E-state index in [0.29, 0.717) is 179 Å².